The maximum atomic E-state index is 12.5. The molecule has 1 amide bonds. The molecule has 0 spiro atoms. The standard InChI is InChI=1S/C20H15N3O2S2/c24-19(14-5-7-16(8-6-14)25-20-22-10-12-27-20)23-13-15-3-1-9-21-18(15)17-4-2-11-26-17/h1-12H,13H2,(H,23,24). The Morgan fingerprint density at radius 1 is 0.963 bits per heavy atom. The molecule has 0 aliphatic heterocycles. The Balaban J connectivity index is 1.41. The molecule has 0 atom stereocenters. The van der Waals surface area contributed by atoms with Gasteiger partial charge in [0.1, 0.15) is 5.75 Å². The van der Waals surface area contributed by atoms with Gasteiger partial charge in [0, 0.05) is 29.9 Å². The van der Waals surface area contributed by atoms with Crippen LogP contribution in [-0.2, 0) is 6.54 Å². The predicted molar refractivity (Wildman–Crippen MR) is 107 cm³/mol. The van der Waals surface area contributed by atoms with Gasteiger partial charge < -0.3 is 10.1 Å². The number of pyridine rings is 1. The lowest BCUT2D eigenvalue weighted by atomic mass is 10.1. The zero-order valence-corrected chi connectivity index (χ0v) is 15.8. The van der Waals surface area contributed by atoms with E-state index in [9.17, 15) is 4.79 Å². The zero-order chi connectivity index (χ0) is 18.5. The van der Waals surface area contributed by atoms with Crippen molar-refractivity contribution in [1.82, 2.24) is 15.3 Å². The van der Waals surface area contributed by atoms with Gasteiger partial charge in [0.15, 0.2) is 0 Å². The number of carbonyl (C=O) groups excluding carboxylic acids is 1. The molecule has 1 aromatic carbocycles. The van der Waals surface area contributed by atoms with Crippen molar-refractivity contribution in [2.75, 3.05) is 0 Å². The minimum atomic E-state index is -0.142. The van der Waals surface area contributed by atoms with Crippen LogP contribution in [-0.4, -0.2) is 15.9 Å². The van der Waals surface area contributed by atoms with Crippen molar-refractivity contribution in [1.29, 1.82) is 0 Å². The summed E-state index contributed by atoms with van der Waals surface area (Å²) in [6, 6.07) is 14.9. The van der Waals surface area contributed by atoms with Gasteiger partial charge in [-0.3, -0.25) is 9.78 Å². The Morgan fingerprint density at radius 2 is 1.85 bits per heavy atom. The van der Waals surface area contributed by atoms with Crippen LogP contribution in [0.25, 0.3) is 10.6 Å². The number of nitrogens with zero attached hydrogens (tertiary/aromatic N) is 2. The molecule has 7 heteroatoms. The van der Waals surface area contributed by atoms with Crippen molar-refractivity contribution in [2.24, 2.45) is 0 Å². The molecule has 0 saturated carbocycles. The van der Waals surface area contributed by atoms with E-state index in [1.165, 1.54) is 11.3 Å². The van der Waals surface area contributed by atoms with Crippen molar-refractivity contribution in [3.8, 4) is 21.5 Å². The highest BCUT2D eigenvalue weighted by Crippen LogP contribution is 2.26. The van der Waals surface area contributed by atoms with E-state index in [0.717, 1.165) is 16.1 Å². The van der Waals surface area contributed by atoms with Crippen molar-refractivity contribution >= 4 is 28.6 Å². The van der Waals surface area contributed by atoms with Crippen LogP contribution < -0.4 is 10.1 Å². The summed E-state index contributed by atoms with van der Waals surface area (Å²) < 4.78 is 5.61. The third-order valence-corrected chi connectivity index (χ3v) is 5.34. The molecule has 5 nitrogen and oxygen atoms in total. The van der Waals surface area contributed by atoms with Gasteiger partial charge in [0.2, 0.25) is 0 Å². The van der Waals surface area contributed by atoms with E-state index in [2.05, 4.69) is 15.3 Å². The maximum absolute atomic E-state index is 12.5. The van der Waals surface area contributed by atoms with Crippen molar-refractivity contribution in [3.63, 3.8) is 0 Å². The Hall–Kier alpha value is -3.03. The molecular weight excluding hydrogens is 378 g/mol. The minimum Gasteiger partial charge on any atom is -0.431 e. The molecule has 1 N–H and O–H groups in total. The van der Waals surface area contributed by atoms with Gasteiger partial charge in [0.25, 0.3) is 11.1 Å². The number of hydrogen-bond acceptors (Lipinski definition) is 6. The second-order valence-electron chi connectivity index (χ2n) is 5.60. The van der Waals surface area contributed by atoms with Gasteiger partial charge >= 0.3 is 0 Å². The monoisotopic (exact) mass is 393 g/mol. The van der Waals surface area contributed by atoms with Crippen LogP contribution in [0, 0.1) is 0 Å². The zero-order valence-electron chi connectivity index (χ0n) is 14.2. The third-order valence-electron chi connectivity index (χ3n) is 3.82. The van der Waals surface area contributed by atoms with E-state index >= 15 is 0 Å². The number of benzene rings is 1. The second-order valence-corrected chi connectivity index (χ2v) is 7.40. The van der Waals surface area contributed by atoms with Crippen LogP contribution in [0.2, 0.25) is 0 Å². The van der Waals surface area contributed by atoms with Gasteiger partial charge in [-0.25, -0.2) is 4.98 Å². The first-order valence-corrected chi connectivity index (χ1v) is 9.99. The van der Waals surface area contributed by atoms with Crippen molar-refractivity contribution < 1.29 is 9.53 Å². The van der Waals surface area contributed by atoms with Crippen molar-refractivity contribution in [2.45, 2.75) is 6.54 Å². The highest BCUT2D eigenvalue weighted by molar-refractivity contribution is 7.13. The number of aromatic nitrogens is 2. The van der Waals surface area contributed by atoms with Gasteiger partial charge in [-0.05, 0) is 47.3 Å². The van der Waals surface area contributed by atoms with Crippen LogP contribution in [0.5, 0.6) is 10.9 Å². The molecule has 0 radical (unpaired) electrons. The smallest absolute Gasteiger partial charge is 0.278 e. The highest BCUT2D eigenvalue weighted by atomic mass is 32.1. The fourth-order valence-corrected chi connectivity index (χ4v) is 3.79. The average molecular weight is 393 g/mol. The van der Waals surface area contributed by atoms with E-state index < -0.39 is 0 Å². The van der Waals surface area contributed by atoms with Crippen LogP contribution in [0.1, 0.15) is 15.9 Å². The number of rotatable bonds is 6. The fourth-order valence-electron chi connectivity index (χ4n) is 2.53. The summed E-state index contributed by atoms with van der Waals surface area (Å²) in [5.41, 5.74) is 2.46. The van der Waals surface area contributed by atoms with Gasteiger partial charge in [0.05, 0.1) is 10.6 Å². The summed E-state index contributed by atoms with van der Waals surface area (Å²) in [4.78, 5) is 22.1. The molecule has 0 bridgehead atoms. The first-order valence-electron chi connectivity index (χ1n) is 8.23. The van der Waals surface area contributed by atoms with E-state index in [0.29, 0.717) is 23.1 Å². The third kappa shape index (κ3) is 4.21. The molecule has 4 rings (SSSR count). The van der Waals surface area contributed by atoms with Gasteiger partial charge in [-0.15, -0.1) is 11.3 Å². The number of ether oxygens (including phenoxy) is 1. The number of carbonyl (C=O) groups is 1. The molecule has 134 valence electrons. The number of hydrogen-bond donors (Lipinski definition) is 1. The van der Waals surface area contributed by atoms with Crippen LogP contribution in [0.4, 0.5) is 0 Å². The first kappa shape index (κ1) is 17.4. The topological polar surface area (TPSA) is 64.1 Å². The molecular formula is C20H15N3O2S2. The molecule has 3 heterocycles. The molecule has 0 unspecified atom stereocenters. The molecule has 0 aliphatic rings. The first-order chi connectivity index (χ1) is 13.3. The molecule has 0 fully saturated rings. The molecule has 0 aliphatic carbocycles. The molecule has 3 aromatic heterocycles. The van der Waals surface area contributed by atoms with E-state index in [1.807, 2.05) is 35.0 Å². The van der Waals surface area contributed by atoms with Gasteiger partial charge in [-0.1, -0.05) is 23.5 Å². The summed E-state index contributed by atoms with van der Waals surface area (Å²) in [5.74, 6) is 0.505. The van der Waals surface area contributed by atoms with E-state index in [4.69, 9.17) is 4.74 Å². The van der Waals surface area contributed by atoms with E-state index in [-0.39, 0.29) is 5.91 Å². The lowest BCUT2D eigenvalue weighted by Crippen LogP contribution is -2.23. The van der Waals surface area contributed by atoms with E-state index in [1.54, 1.807) is 48.0 Å². The molecule has 4 aromatic rings. The lowest BCUT2D eigenvalue weighted by molar-refractivity contribution is 0.0951. The summed E-state index contributed by atoms with van der Waals surface area (Å²) in [6.45, 7) is 0.414. The molecule has 0 saturated heterocycles. The maximum Gasteiger partial charge on any atom is 0.278 e. The quantitative estimate of drug-likeness (QED) is 0.501. The fraction of sp³-hybridized carbons (Fsp3) is 0.0500. The largest absolute Gasteiger partial charge is 0.431 e. The summed E-state index contributed by atoms with van der Waals surface area (Å²) in [6.07, 6.45) is 3.45. The number of thiazole rings is 1. The van der Waals surface area contributed by atoms with Crippen LogP contribution in [0.15, 0.2) is 71.7 Å². The summed E-state index contributed by atoms with van der Waals surface area (Å²) in [7, 11) is 0. The van der Waals surface area contributed by atoms with Gasteiger partial charge in [-0.2, -0.15) is 0 Å². The number of thiophene rings is 1. The lowest BCUT2D eigenvalue weighted by Gasteiger charge is -2.09. The van der Waals surface area contributed by atoms with Crippen LogP contribution in [0.3, 0.4) is 0 Å². The second kappa shape index (κ2) is 8.11. The van der Waals surface area contributed by atoms with Crippen LogP contribution >= 0.6 is 22.7 Å². The Morgan fingerprint density at radius 3 is 2.59 bits per heavy atom. The Labute approximate surface area is 164 Å². The molecule has 27 heavy (non-hydrogen) atoms. The average Bonchev–Trinajstić information content (AvgIpc) is 3.41. The summed E-state index contributed by atoms with van der Waals surface area (Å²) >= 11 is 3.05. The SMILES string of the molecule is O=C(NCc1cccnc1-c1cccs1)c1ccc(Oc2nccs2)cc1. The van der Waals surface area contributed by atoms with Crippen molar-refractivity contribution in [3.05, 3.63) is 82.8 Å². The Kier molecular flexibility index (Phi) is 5.22. The normalized spacial score (nSPS) is 10.5. The predicted octanol–water partition coefficient (Wildman–Crippen LogP) is 4.99. The highest BCUT2D eigenvalue weighted by Gasteiger charge is 2.10. The Bertz CT molecular complexity index is 1010. The number of amides is 1. The number of nitrogens with one attached hydrogen (secondary N) is 1. The summed E-state index contributed by atoms with van der Waals surface area (Å²) in [5, 5.41) is 7.39. The minimum absolute atomic E-state index is 0.142.